The zero-order valence-electron chi connectivity index (χ0n) is 34.2. The SMILES string of the molecule is CCCCCCOC(=O)CN1CCC(C2CCN(C(=O)[C@@H](Cc3cc(C)c4[nH]c(=O)oc4c3)OC(=O)N3CCC(N4CCc5ccccc5NC4=O)CC3)CC2)CC1. The molecule has 4 aliphatic rings. The standard InChI is InChI=1S/C44H60N6O8/c1-3-4-5-8-25-56-39(51)29-47-18-11-32(12-19-47)33-13-20-48(21-14-33)41(52)38(28-31-26-30(2)40-37(27-31)57-43(54)46-40)58-44(55)49-22-16-35(17-23-49)50-24-15-34-9-6-7-10-36(34)45-42(50)53/h6-7,9-10,26-27,32-33,35,38H,3-5,8,11-25,28-29H2,1-2H3,(H,45,53)(H,46,54)/t38-/m1/s1. The fraction of sp³-hybridized carbons (Fsp3) is 0.614. The number of nitrogens with zero attached hydrogens (tertiary/aromatic N) is 4. The van der Waals surface area contributed by atoms with Crippen molar-refractivity contribution in [3.05, 3.63) is 63.6 Å². The summed E-state index contributed by atoms with van der Waals surface area (Å²) < 4.78 is 16.9. The zero-order chi connectivity index (χ0) is 40.6. The van der Waals surface area contributed by atoms with Gasteiger partial charge in [0.15, 0.2) is 11.7 Å². The number of H-pyrrole nitrogens is 1. The van der Waals surface area contributed by atoms with Crippen LogP contribution in [-0.4, -0.2) is 120 Å². The number of carbonyl (C=O) groups excluding carboxylic acids is 4. The Kier molecular flexibility index (Phi) is 13.7. The molecule has 58 heavy (non-hydrogen) atoms. The monoisotopic (exact) mass is 800 g/mol. The maximum atomic E-state index is 14.3. The van der Waals surface area contributed by atoms with Gasteiger partial charge in [0, 0.05) is 50.9 Å². The van der Waals surface area contributed by atoms with E-state index in [0.29, 0.717) is 81.7 Å². The molecule has 1 atom stereocenters. The number of rotatable bonds is 13. The number of anilines is 1. The molecular formula is C44H60N6O8. The topological polar surface area (TPSA) is 158 Å². The van der Waals surface area contributed by atoms with Gasteiger partial charge in [0.1, 0.15) is 0 Å². The number of oxazole rings is 1. The van der Waals surface area contributed by atoms with Crippen LogP contribution in [0, 0.1) is 18.8 Å². The minimum Gasteiger partial charge on any atom is -0.465 e. The molecule has 0 bridgehead atoms. The Morgan fingerprint density at radius 1 is 0.862 bits per heavy atom. The molecule has 314 valence electrons. The molecule has 7 rings (SSSR count). The van der Waals surface area contributed by atoms with Crippen molar-refractivity contribution in [2.75, 3.05) is 64.3 Å². The van der Waals surface area contributed by atoms with E-state index in [4.69, 9.17) is 13.9 Å². The number of hydrogen-bond acceptors (Lipinski definition) is 9. The van der Waals surface area contributed by atoms with E-state index in [0.717, 1.165) is 93.3 Å². The number of hydrogen-bond donors (Lipinski definition) is 2. The van der Waals surface area contributed by atoms with Crippen LogP contribution in [-0.2, 0) is 31.9 Å². The van der Waals surface area contributed by atoms with Gasteiger partial charge in [-0.25, -0.2) is 14.4 Å². The number of likely N-dealkylation sites (tertiary alicyclic amines) is 3. The second-order valence-electron chi connectivity index (χ2n) is 16.7. The maximum Gasteiger partial charge on any atom is 0.417 e. The molecule has 0 aliphatic carbocycles. The van der Waals surface area contributed by atoms with E-state index in [9.17, 15) is 24.0 Å². The predicted molar refractivity (Wildman–Crippen MR) is 220 cm³/mol. The van der Waals surface area contributed by atoms with Gasteiger partial charge >= 0.3 is 23.8 Å². The summed E-state index contributed by atoms with van der Waals surface area (Å²) >= 11 is 0. The molecular weight excluding hydrogens is 741 g/mol. The van der Waals surface area contributed by atoms with E-state index in [-0.39, 0.29) is 30.4 Å². The van der Waals surface area contributed by atoms with Crippen molar-refractivity contribution in [1.29, 1.82) is 0 Å². The average Bonchev–Trinajstić information content (AvgIpc) is 3.53. The number of piperidine rings is 3. The minimum atomic E-state index is -1.06. The average molecular weight is 801 g/mol. The molecule has 0 spiro atoms. The van der Waals surface area contributed by atoms with Crippen LogP contribution in [0.15, 0.2) is 45.6 Å². The highest BCUT2D eigenvalue weighted by Gasteiger charge is 2.37. The second-order valence-corrected chi connectivity index (χ2v) is 16.7. The summed E-state index contributed by atoms with van der Waals surface area (Å²) in [6.45, 7) is 9.20. The zero-order valence-corrected chi connectivity index (χ0v) is 34.2. The molecule has 5 heterocycles. The summed E-state index contributed by atoms with van der Waals surface area (Å²) in [5.41, 5.74) is 4.47. The molecule has 14 heteroatoms. The van der Waals surface area contributed by atoms with Crippen molar-refractivity contribution in [2.24, 2.45) is 11.8 Å². The van der Waals surface area contributed by atoms with E-state index in [1.165, 1.54) is 0 Å². The molecule has 2 aromatic carbocycles. The molecule has 14 nitrogen and oxygen atoms in total. The summed E-state index contributed by atoms with van der Waals surface area (Å²) in [6.07, 6.45) is 8.63. The van der Waals surface area contributed by atoms with E-state index in [1.54, 1.807) is 11.0 Å². The maximum absolute atomic E-state index is 14.3. The Morgan fingerprint density at radius 3 is 2.31 bits per heavy atom. The Hall–Kier alpha value is -4.85. The quantitative estimate of drug-likeness (QED) is 0.154. The van der Waals surface area contributed by atoms with Crippen LogP contribution >= 0.6 is 0 Å². The van der Waals surface area contributed by atoms with Crippen LogP contribution in [0.5, 0.6) is 0 Å². The minimum absolute atomic E-state index is 0.0170. The van der Waals surface area contributed by atoms with Gasteiger partial charge in [-0.3, -0.25) is 19.5 Å². The number of aryl methyl sites for hydroxylation is 1. The lowest BCUT2D eigenvalue weighted by atomic mass is 9.78. The van der Waals surface area contributed by atoms with Gasteiger partial charge in [0.2, 0.25) is 0 Å². The third-order valence-corrected chi connectivity index (χ3v) is 12.8. The highest BCUT2D eigenvalue weighted by molar-refractivity contribution is 5.91. The Balaban J connectivity index is 0.933. The van der Waals surface area contributed by atoms with Crippen molar-refractivity contribution in [2.45, 2.75) is 103 Å². The fourth-order valence-corrected chi connectivity index (χ4v) is 9.42. The van der Waals surface area contributed by atoms with Gasteiger partial charge in [-0.15, -0.1) is 0 Å². The molecule has 0 saturated carbocycles. The molecule has 0 unspecified atom stereocenters. The number of urea groups is 1. The molecule has 3 fully saturated rings. The second kappa shape index (κ2) is 19.3. The number of carbonyl (C=O) groups is 4. The number of unbranched alkanes of at least 4 members (excludes halogenated alkanes) is 3. The normalized spacial score (nSPS) is 19.4. The summed E-state index contributed by atoms with van der Waals surface area (Å²) in [4.78, 5) is 75.9. The highest BCUT2D eigenvalue weighted by atomic mass is 16.6. The number of nitrogens with one attached hydrogen (secondary N) is 2. The molecule has 4 amide bonds. The first-order valence-corrected chi connectivity index (χ1v) is 21.5. The lowest BCUT2D eigenvalue weighted by molar-refractivity contribution is -0.145. The van der Waals surface area contributed by atoms with Crippen LogP contribution in [0.3, 0.4) is 0 Å². The first-order valence-electron chi connectivity index (χ1n) is 21.5. The van der Waals surface area contributed by atoms with E-state index in [1.807, 2.05) is 47.1 Å². The first kappa shape index (κ1) is 41.3. The lowest BCUT2D eigenvalue weighted by Gasteiger charge is -2.41. The number of amides is 4. The molecule has 4 aliphatic heterocycles. The van der Waals surface area contributed by atoms with Crippen molar-refractivity contribution in [3.8, 4) is 0 Å². The third-order valence-electron chi connectivity index (χ3n) is 12.8. The van der Waals surface area contributed by atoms with Gasteiger partial charge in [0.25, 0.3) is 5.91 Å². The van der Waals surface area contributed by atoms with Gasteiger partial charge in [-0.2, -0.15) is 0 Å². The van der Waals surface area contributed by atoms with Crippen LogP contribution in [0.4, 0.5) is 15.3 Å². The Morgan fingerprint density at radius 2 is 1.57 bits per heavy atom. The van der Waals surface area contributed by atoms with Crippen molar-refractivity contribution in [1.82, 2.24) is 24.6 Å². The van der Waals surface area contributed by atoms with E-state index < -0.39 is 18.0 Å². The van der Waals surface area contributed by atoms with Crippen LogP contribution in [0.25, 0.3) is 11.1 Å². The van der Waals surface area contributed by atoms with Gasteiger partial charge < -0.3 is 33.9 Å². The number of ether oxygens (including phenoxy) is 2. The summed E-state index contributed by atoms with van der Waals surface area (Å²) in [5.74, 6) is 0.114. The highest BCUT2D eigenvalue weighted by Crippen LogP contribution is 2.33. The molecule has 3 saturated heterocycles. The molecule has 1 aromatic heterocycles. The fourth-order valence-electron chi connectivity index (χ4n) is 9.42. The first-order chi connectivity index (χ1) is 28.1. The largest absolute Gasteiger partial charge is 0.465 e. The number of para-hydroxylation sites is 1. The Labute approximate surface area is 340 Å². The lowest BCUT2D eigenvalue weighted by Crippen LogP contribution is -2.52. The van der Waals surface area contributed by atoms with Crippen molar-refractivity contribution >= 4 is 40.8 Å². The van der Waals surface area contributed by atoms with Gasteiger partial charge in [0.05, 0.1) is 18.7 Å². The Bertz CT molecular complexity index is 1950. The number of benzene rings is 2. The number of aromatic nitrogens is 1. The summed E-state index contributed by atoms with van der Waals surface area (Å²) in [5, 5.41) is 3.05. The van der Waals surface area contributed by atoms with Crippen molar-refractivity contribution in [3.63, 3.8) is 0 Å². The summed E-state index contributed by atoms with van der Waals surface area (Å²) in [7, 11) is 0. The van der Waals surface area contributed by atoms with E-state index in [2.05, 4.69) is 22.1 Å². The molecule has 3 aromatic rings. The van der Waals surface area contributed by atoms with Crippen molar-refractivity contribution < 1.29 is 33.1 Å². The van der Waals surface area contributed by atoms with Crippen LogP contribution in [0.1, 0.15) is 87.8 Å². The van der Waals surface area contributed by atoms with Gasteiger partial charge in [-0.05, 0) is 112 Å². The van der Waals surface area contributed by atoms with E-state index >= 15 is 0 Å². The predicted octanol–water partition coefficient (Wildman–Crippen LogP) is 6.11. The molecule has 0 radical (unpaired) electrons. The third kappa shape index (κ3) is 10.2. The molecule has 2 N–H and O–H groups in total. The summed E-state index contributed by atoms with van der Waals surface area (Å²) in [6, 6.07) is 11.3. The number of esters is 1. The van der Waals surface area contributed by atoms with Gasteiger partial charge in [-0.1, -0.05) is 50.5 Å². The number of aromatic amines is 1. The smallest absolute Gasteiger partial charge is 0.417 e. The van der Waals surface area contributed by atoms with Crippen LogP contribution < -0.4 is 11.1 Å². The van der Waals surface area contributed by atoms with Crippen LogP contribution in [0.2, 0.25) is 0 Å². The number of fused-ring (bicyclic) bond motifs is 2.